The molecule has 1 aliphatic heterocycles. The number of hydrogen-bond donors (Lipinski definition) is 3. The summed E-state index contributed by atoms with van der Waals surface area (Å²) in [5.41, 5.74) is 0.871. The van der Waals surface area contributed by atoms with E-state index in [1.807, 2.05) is 24.3 Å². The first kappa shape index (κ1) is 30.0. The summed E-state index contributed by atoms with van der Waals surface area (Å²) in [5, 5.41) is 21.0. The Bertz CT molecular complexity index is 1190. The van der Waals surface area contributed by atoms with Gasteiger partial charge in [-0.05, 0) is 68.1 Å². The highest BCUT2D eigenvalue weighted by Crippen LogP contribution is 2.21. The average Bonchev–Trinajstić information content (AvgIpc) is 2.98. The number of nitrogens with zero attached hydrogens (tertiary/aromatic N) is 1. The summed E-state index contributed by atoms with van der Waals surface area (Å²) in [6.45, 7) is 1.32. The van der Waals surface area contributed by atoms with E-state index in [4.69, 9.17) is 14.6 Å². The molecule has 2 aromatic rings. The van der Waals surface area contributed by atoms with Crippen LogP contribution in [0, 0.1) is 11.8 Å². The third-order valence-corrected chi connectivity index (χ3v) is 6.84. The molecule has 9 nitrogen and oxygen atoms in total. The van der Waals surface area contributed by atoms with Crippen molar-refractivity contribution >= 4 is 17.6 Å². The molecule has 1 aliphatic rings. The van der Waals surface area contributed by atoms with Crippen molar-refractivity contribution in [2.24, 2.45) is 0 Å². The van der Waals surface area contributed by atoms with Gasteiger partial charge in [0, 0.05) is 43.8 Å². The van der Waals surface area contributed by atoms with Crippen molar-refractivity contribution in [3.63, 3.8) is 0 Å². The monoisotopic (exact) mass is 536 g/mol. The SMILES string of the molecule is CNC(=O)[C@@](C)(C(=O)COC1CCCCO1)N(C)C(=O)c1ccc(C#Cc2ccc(CC(O)CO)cc2)cc1. The maximum atomic E-state index is 13.3. The van der Waals surface area contributed by atoms with Gasteiger partial charge in [-0.2, -0.15) is 0 Å². The van der Waals surface area contributed by atoms with Crippen molar-refractivity contribution in [2.45, 2.75) is 50.5 Å². The molecule has 208 valence electrons. The molecule has 2 aromatic carbocycles. The van der Waals surface area contributed by atoms with Gasteiger partial charge in [0.05, 0.1) is 12.7 Å². The van der Waals surface area contributed by atoms with Gasteiger partial charge in [0.1, 0.15) is 6.61 Å². The Morgan fingerprint density at radius 2 is 1.72 bits per heavy atom. The van der Waals surface area contributed by atoms with Crippen molar-refractivity contribution in [1.29, 1.82) is 0 Å². The summed E-state index contributed by atoms with van der Waals surface area (Å²) in [7, 11) is 2.83. The number of carbonyl (C=O) groups is 3. The Kier molecular flexibility index (Phi) is 10.8. The summed E-state index contributed by atoms with van der Waals surface area (Å²) < 4.78 is 11.1. The lowest BCUT2D eigenvalue weighted by molar-refractivity contribution is -0.174. The fraction of sp³-hybridized carbons (Fsp3) is 0.433. The zero-order valence-electron chi connectivity index (χ0n) is 22.6. The van der Waals surface area contributed by atoms with Crippen LogP contribution in [0.2, 0.25) is 0 Å². The van der Waals surface area contributed by atoms with Crippen molar-refractivity contribution in [3.05, 3.63) is 70.8 Å². The molecule has 3 atom stereocenters. The molecule has 0 bridgehead atoms. The number of ketones is 1. The second kappa shape index (κ2) is 14.0. The molecule has 0 spiro atoms. The van der Waals surface area contributed by atoms with E-state index in [1.165, 1.54) is 21.0 Å². The van der Waals surface area contributed by atoms with Crippen LogP contribution < -0.4 is 5.32 Å². The Balaban J connectivity index is 1.68. The molecule has 0 saturated carbocycles. The van der Waals surface area contributed by atoms with Crippen LogP contribution >= 0.6 is 0 Å². The van der Waals surface area contributed by atoms with Crippen LogP contribution in [-0.2, 0) is 25.5 Å². The van der Waals surface area contributed by atoms with Crippen LogP contribution in [0.3, 0.4) is 0 Å². The highest BCUT2D eigenvalue weighted by Gasteiger charge is 2.46. The van der Waals surface area contributed by atoms with Crippen LogP contribution in [0.5, 0.6) is 0 Å². The molecule has 0 aliphatic carbocycles. The maximum absolute atomic E-state index is 13.3. The largest absolute Gasteiger partial charge is 0.394 e. The standard InChI is InChI=1S/C30H36N2O7/c1-30(29(37)31-2,26(35)20-39-27-6-4-5-17-38-27)32(3)28(36)24-15-13-22(14-16-24)8-7-21-9-11-23(12-10-21)18-25(34)19-33/h9-16,25,27,33-34H,4-6,17-20H2,1-3H3,(H,31,37)/t25?,27?,30-/m1/s1. The van der Waals surface area contributed by atoms with Crippen LogP contribution in [0.4, 0.5) is 0 Å². The van der Waals surface area contributed by atoms with Gasteiger partial charge in [-0.1, -0.05) is 24.0 Å². The normalized spacial score (nSPS) is 17.2. The van der Waals surface area contributed by atoms with E-state index in [2.05, 4.69) is 17.2 Å². The molecule has 3 rings (SSSR count). The van der Waals surface area contributed by atoms with Gasteiger partial charge in [0.15, 0.2) is 17.6 Å². The third-order valence-electron chi connectivity index (χ3n) is 6.84. The Labute approximate surface area is 229 Å². The number of nitrogens with one attached hydrogen (secondary N) is 1. The third kappa shape index (κ3) is 7.74. The molecule has 9 heteroatoms. The number of Topliss-reactive ketones (excluding diaryl/α,β-unsaturated/α-hetero) is 1. The molecule has 1 heterocycles. The van der Waals surface area contributed by atoms with E-state index in [0.717, 1.165) is 28.9 Å². The fourth-order valence-electron chi connectivity index (χ4n) is 4.16. The maximum Gasteiger partial charge on any atom is 0.254 e. The van der Waals surface area contributed by atoms with Gasteiger partial charge in [0.2, 0.25) is 0 Å². The molecule has 0 aromatic heterocycles. The van der Waals surface area contributed by atoms with Crippen LogP contribution in [0.15, 0.2) is 48.5 Å². The number of likely N-dealkylation sites (N-methyl/N-ethyl adjacent to an activating group) is 2. The van der Waals surface area contributed by atoms with Gasteiger partial charge in [-0.3, -0.25) is 14.4 Å². The lowest BCUT2D eigenvalue weighted by Crippen LogP contribution is -2.62. The molecule has 1 fully saturated rings. The zero-order valence-corrected chi connectivity index (χ0v) is 22.6. The molecular formula is C30H36N2O7. The average molecular weight is 537 g/mol. The zero-order chi connectivity index (χ0) is 28.4. The smallest absolute Gasteiger partial charge is 0.254 e. The molecule has 2 amide bonds. The summed E-state index contributed by atoms with van der Waals surface area (Å²) in [6.07, 6.45) is 1.63. The minimum Gasteiger partial charge on any atom is -0.394 e. The van der Waals surface area contributed by atoms with Crippen molar-refractivity contribution in [3.8, 4) is 11.8 Å². The number of benzene rings is 2. The number of carbonyl (C=O) groups excluding carboxylic acids is 3. The van der Waals surface area contributed by atoms with E-state index in [1.54, 1.807) is 24.3 Å². The molecule has 3 N–H and O–H groups in total. The first-order chi connectivity index (χ1) is 18.7. The minimum atomic E-state index is -1.78. The van der Waals surface area contributed by atoms with Crippen LogP contribution in [0.25, 0.3) is 0 Å². The highest BCUT2D eigenvalue weighted by molar-refractivity contribution is 6.14. The number of aliphatic hydroxyl groups excluding tert-OH is 2. The van der Waals surface area contributed by atoms with Crippen molar-refractivity contribution in [2.75, 3.05) is 33.9 Å². The Hall–Kier alpha value is -3.55. The number of rotatable bonds is 10. The molecule has 39 heavy (non-hydrogen) atoms. The summed E-state index contributed by atoms with van der Waals surface area (Å²) in [4.78, 5) is 40.4. The molecule has 1 saturated heterocycles. The topological polar surface area (TPSA) is 125 Å². The van der Waals surface area contributed by atoms with Crippen LogP contribution in [0.1, 0.15) is 53.2 Å². The predicted molar refractivity (Wildman–Crippen MR) is 145 cm³/mol. The van der Waals surface area contributed by atoms with Crippen molar-refractivity contribution in [1.82, 2.24) is 10.2 Å². The van der Waals surface area contributed by atoms with Gasteiger partial charge in [-0.25, -0.2) is 0 Å². The predicted octanol–water partition coefficient (Wildman–Crippen LogP) is 1.67. The number of aliphatic hydroxyl groups is 2. The van der Waals surface area contributed by atoms with E-state index in [-0.39, 0.29) is 13.2 Å². The lowest BCUT2D eigenvalue weighted by atomic mass is 9.92. The molecule has 0 radical (unpaired) electrons. The first-order valence-corrected chi connectivity index (χ1v) is 13.0. The van der Waals surface area contributed by atoms with E-state index in [0.29, 0.717) is 30.6 Å². The van der Waals surface area contributed by atoms with Gasteiger partial charge < -0.3 is 29.9 Å². The number of ether oxygens (including phenoxy) is 2. The second-order valence-corrected chi connectivity index (χ2v) is 9.61. The van der Waals surface area contributed by atoms with E-state index >= 15 is 0 Å². The van der Waals surface area contributed by atoms with E-state index < -0.39 is 35.5 Å². The molecular weight excluding hydrogens is 500 g/mol. The minimum absolute atomic E-state index is 0.290. The first-order valence-electron chi connectivity index (χ1n) is 13.0. The summed E-state index contributed by atoms with van der Waals surface area (Å²) in [6, 6.07) is 14.0. The summed E-state index contributed by atoms with van der Waals surface area (Å²) >= 11 is 0. The van der Waals surface area contributed by atoms with Gasteiger partial charge in [0.25, 0.3) is 11.8 Å². The van der Waals surface area contributed by atoms with E-state index in [9.17, 15) is 19.5 Å². The molecule has 2 unspecified atom stereocenters. The number of amides is 2. The van der Waals surface area contributed by atoms with Gasteiger partial charge >= 0.3 is 0 Å². The van der Waals surface area contributed by atoms with Crippen molar-refractivity contribution < 1.29 is 34.1 Å². The number of hydrogen-bond acceptors (Lipinski definition) is 7. The van der Waals surface area contributed by atoms with Gasteiger partial charge in [-0.15, -0.1) is 0 Å². The quantitative estimate of drug-likeness (QED) is 0.312. The Morgan fingerprint density at radius 1 is 1.10 bits per heavy atom. The fourth-order valence-corrected chi connectivity index (χ4v) is 4.16. The second-order valence-electron chi connectivity index (χ2n) is 9.61. The summed E-state index contributed by atoms with van der Waals surface area (Å²) in [5.74, 6) is 4.43. The lowest BCUT2D eigenvalue weighted by Gasteiger charge is -2.36. The Morgan fingerprint density at radius 3 is 2.26 bits per heavy atom. The van der Waals surface area contributed by atoms with Crippen LogP contribution in [-0.4, -0.2) is 84.6 Å². The highest BCUT2D eigenvalue weighted by atomic mass is 16.7.